The van der Waals surface area contributed by atoms with E-state index in [0.717, 1.165) is 210 Å². The van der Waals surface area contributed by atoms with Crippen LogP contribution in [0.25, 0.3) is 95.1 Å². The zero-order valence-corrected chi connectivity index (χ0v) is 81.4. The molecule has 5 heterocycles. The summed E-state index contributed by atoms with van der Waals surface area (Å²) < 4.78 is 74.4. The number of hydrogen-bond acceptors (Lipinski definition) is 16. The average Bonchev–Trinajstić information content (AvgIpc) is 1.50. The molecule has 5 aliphatic carbocycles. The van der Waals surface area contributed by atoms with Crippen LogP contribution in [-0.2, 0) is 57.6 Å². The molecule has 0 amide bonds. The highest BCUT2D eigenvalue weighted by Gasteiger charge is 2.60. The molecule has 16 heteroatoms. The van der Waals surface area contributed by atoms with Gasteiger partial charge in [0.1, 0.15) is 68.8 Å². The predicted octanol–water partition coefficient (Wildman–Crippen LogP) is 25.7. The molecule has 2 bridgehead atoms. The van der Waals surface area contributed by atoms with Crippen LogP contribution < -0.4 is 57.0 Å². The third kappa shape index (κ3) is 13.7. The fourth-order valence-corrected chi connectivity index (χ4v) is 25.4. The number of aliphatic hydroxyl groups is 3. The van der Waals surface area contributed by atoms with Gasteiger partial charge in [-0.3, -0.25) is 0 Å². The first kappa shape index (κ1) is 89.6. The Morgan fingerprint density at radius 1 is 0.380 bits per heavy atom. The van der Waals surface area contributed by atoms with Crippen molar-refractivity contribution >= 4 is 56.2 Å². The van der Waals surface area contributed by atoms with Crippen molar-refractivity contribution in [2.45, 2.75) is 99.3 Å². The number of aliphatic hydroxyl groups excluding tert-OH is 2. The van der Waals surface area contributed by atoms with Gasteiger partial charge in [0.25, 0.3) is 0 Å². The molecule has 0 aromatic heterocycles. The van der Waals surface area contributed by atoms with Crippen LogP contribution in [0.5, 0.6) is 63.2 Å². The second-order valence-electron chi connectivity index (χ2n) is 39.6. The summed E-state index contributed by atoms with van der Waals surface area (Å²) in [7, 11) is 11.8. The number of hydrogen-bond donors (Lipinski definition) is 3. The van der Waals surface area contributed by atoms with Gasteiger partial charge in [-0.2, -0.15) is 0 Å². The van der Waals surface area contributed by atoms with E-state index >= 15 is 0 Å². The van der Waals surface area contributed by atoms with Crippen LogP contribution in [0.4, 0.5) is 5.69 Å². The van der Waals surface area contributed by atoms with Crippen molar-refractivity contribution in [1.82, 2.24) is 0 Å². The first-order valence-corrected chi connectivity index (χ1v) is 49.2. The second-order valence-corrected chi connectivity index (χ2v) is 39.6. The molecule has 16 aromatic rings. The van der Waals surface area contributed by atoms with Gasteiger partial charge in [0.05, 0.1) is 88.5 Å². The molecule has 1 spiro atoms. The third-order valence-electron chi connectivity index (χ3n) is 32.2. The number of rotatable bonds is 17. The van der Waals surface area contributed by atoms with Crippen molar-refractivity contribution in [2.75, 3.05) is 87.6 Å². The van der Waals surface area contributed by atoms with Gasteiger partial charge in [0.2, 0.25) is 0 Å². The topological polar surface area (TPSA) is 175 Å². The summed E-state index contributed by atoms with van der Waals surface area (Å²) in [6, 6.07) is 96.4. The lowest BCUT2D eigenvalue weighted by atomic mass is 9.65. The Hall–Kier alpha value is -15.0. The molecule has 0 radical (unpaired) electrons. The molecular formula is C126H111NO15. The molecule has 3 N–H and O–H groups in total. The highest BCUT2D eigenvalue weighted by molar-refractivity contribution is 6.13. The van der Waals surface area contributed by atoms with Crippen molar-refractivity contribution in [2.24, 2.45) is 11.8 Å². The third-order valence-corrected chi connectivity index (χ3v) is 32.2. The Morgan fingerprint density at radius 2 is 0.838 bits per heavy atom. The molecule has 16 aromatic carbocycles. The highest BCUT2D eigenvalue weighted by Crippen LogP contribution is 2.70. The summed E-state index contributed by atoms with van der Waals surface area (Å²) in [6.07, 6.45) is 19.2. The number of ether oxygens (including phenoxy) is 12. The molecule has 142 heavy (non-hydrogen) atoms. The van der Waals surface area contributed by atoms with Gasteiger partial charge in [0.15, 0.2) is 16.8 Å². The first-order valence-electron chi connectivity index (χ1n) is 49.2. The van der Waals surface area contributed by atoms with E-state index in [1.165, 1.54) is 74.9 Å². The minimum Gasteiger partial charge on any atom is -0.497 e. The minimum absolute atomic E-state index is 0.00124. The largest absolute Gasteiger partial charge is 0.497 e. The lowest BCUT2D eigenvalue weighted by Crippen LogP contribution is -2.38. The van der Waals surface area contributed by atoms with Crippen LogP contribution in [0.15, 0.2) is 297 Å². The Labute approximate surface area is 827 Å². The lowest BCUT2D eigenvalue weighted by molar-refractivity contribution is 0.105. The van der Waals surface area contributed by atoms with Crippen LogP contribution in [0, 0.1) is 11.8 Å². The van der Waals surface area contributed by atoms with Crippen LogP contribution in [0.3, 0.4) is 0 Å². The number of morpholine rings is 1. The van der Waals surface area contributed by atoms with E-state index in [2.05, 4.69) is 231 Å². The zero-order valence-electron chi connectivity index (χ0n) is 81.4. The molecule has 2 saturated carbocycles. The molecule has 10 aliphatic rings. The maximum atomic E-state index is 12.1. The lowest BCUT2D eigenvalue weighted by Gasteiger charge is -2.41. The van der Waals surface area contributed by atoms with Gasteiger partial charge in [-0.15, -0.1) is 0 Å². The molecular weight excluding hydrogens is 1770 g/mol. The summed E-state index contributed by atoms with van der Waals surface area (Å²) >= 11 is 0. The van der Waals surface area contributed by atoms with Crippen molar-refractivity contribution < 1.29 is 72.2 Å². The number of anilines is 1. The molecule has 16 nitrogen and oxygen atoms in total. The monoisotopic (exact) mass is 1880 g/mol. The van der Waals surface area contributed by atoms with Gasteiger partial charge < -0.3 is 77.1 Å². The predicted molar refractivity (Wildman–Crippen MR) is 561 cm³/mol. The minimum atomic E-state index is -1.17. The number of fused-ring (bicyclic) bond motifs is 30. The molecule has 6 unspecified atom stereocenters. The fraction of sp³-hybridized carbons (Fsp3) is 0.238. The van der Waals surface area contributed by atoms with Crippen LogP contribution in [0.1, 0.15) is 147 Å². The van der Waals surface area contributed by atoms with E-state index in [1.54, 1.807) is 49.8 Å². The van der Waals surface area contributed by atoms with Gasteiger partial charge in [-0.1, -0.05) is 220 Å². The van der Waals surface area contributed by atoms with Gasteiger partial charge >= 0.3 is 0 Å². The van der Waals surface area contributed by atoms with Crippen LogP contribution >= 0.6 is 0 Å². The van der Waals surface area contributed by atoms with Crippen molar-refractivity contribution in [3.8, 4) is 108 Å². The van der Waals surface area contributed by atoms with Crippen molar-refractivity contribution in [1.29, 1.82) is 0 Å². The normalized spacial score (nSPS) is 20.5. The maximum Gasteiger partial charge on any atom is 0.178 e. The van der Waals surface area contributed by atoms with E-state index in [-0.39, 0.29) is 24.0 Å². The Bertz CT molecular complexity index is 7800. The Morgan fingerprint density at radius 3 is 1.37 bits per heavy atom. The van der Waals surface area contributed by atoms with E-state index in [9.17, 15) is 15.3 Å². The van der Waals surface area contributed by atoms with Crippen LogP contribution in [-0.4, -0.2) is 98.0 Å². The summed E-state index contributed by atoms with van der Waals surface area (Å²) in [4.78, 5) is 2.35. The number of methoxy groups -OCH3 is 7. The van der Waals surface area contributed by atoms with Crippen molar-refractivity contribution in [3.63, 3.8) is 0 Å². The second kappa shape index (κ2) is 34.7. The molecule has 5 aliphatic heterocycles. The molecule has 26 rings (SSSR count). The zero-order chi connectivity index (χ0) is 96.9. The van der Waals surface area contributed by atoms with E-state index in [0.29, 0.717) is 37.4 Å². The average molecular weight is 1880 g/mol. The van der Waals surface area contributed by atoms with E-state index in [1.807, 2.05) is 110 Å². The summed E-state index contributed by atoms with van der Waals surface area (Å²) in [5, 5.41) is 38.5. The Kier molecular flexibility index (Phi) is 21.9. The van der Waals surface area contributed by atoms with Crippen molar-refractivity contribution in [3.05, 3.63) is 397 Å². The summed E-state index contributed by atoms with van der Waals surface area (Å²) in [5.74, 6) is 9.94. The summed E-state index contributed by atoms with van der Waals surface area (Å²) in [5.41, 5.74) is 25.0. The maximum absolute atomic E-state index is 12.1. The molecule has 3 fully saturated rings. The number of benzene rings is 16. The van der Waals surface area contributed by atoms with E-state index in [4.69, 9.17) is 56.8 Å². The van der Waals surface area contributed by atoms with Crippen LogP contribution in [0.2, 0.25) is 0 Å². The molecule has 710 valence electrons. The van der Waals surface area contributed by atoms with Gasteiger partial charge in [-0.25, -0.2) is 0 Å². The fourth-order valence-electron chi connectivity index (χ4n) is 25.4. The first-order chi connectivity index (χ1) is 69.4. The highest BCUT2D eigenvalue weighted by atomic mass is 16.5. The summed E-state index contributed by atoms with van der Waals surface area (Å²) in [6.45, 7) is 9.89. The van der Waals surface area contributed by atoms with Gasteiger partial charge in [0, 0.05) is 113 Å². The SMILES string of the molecule is COc1ccc(C2(c3ccc(OC)c(N4CCOCC4)c3)C=Cc3c4c(c5cc(-c6ccc(CO)cc6)c(OC)cc5c3O2)-c2ccccc2C42CC3CCC2C3)cc1.COc1ccc(C2(c3ccc(OC)cc3)C=Cc3c4c(c5cc(CO)c(OC)cc5c3O2)-c2ccccc2C4(C)C)cc1.COc1ccc(C2(c3ccccc3)C=Cc3c4c(c5cc6c(cc5c3O2)OCC6)-c2ccccc2C4(C)O)cc1. The number of nitrogens with zero attached hydrogens (tertiary/aromatic N) is 1. The smallest absolute Gasteiger partial charge is 0.178 e. The molecule has 6 atom stereocenters. The quantitative estimate of drug-likeness (QED) is 0.0784. The van der Waals surface area contributed by atoms with E-state index < -0.39 is 22.4 Å². The molecule has 1 saturated heterocycles. The standard InChI is InChI=1S/C52H49NO6.C38H34O5.C36H28O4/c1-55-38-17-14-35(15-18-38)52(37-16-19-46(56-2)45(27-37)53-22-24-58-25-23-53)21-20-40-49-48(39-6-4-5-7-44(39)51(49)30-33-10-13-36(51)26-33)42-28-41(34-11-8-32(31-54)9-12-34)47(57-3)29-43(42)50(40)59-52;1-37(2)32-9-7-6-8-28(32)34-30-20-23(22-39)33(42-5)21-31(30)36-29(35(34)37)18-19-38(43-36,24-10-14-26(40-3)15-11-24)25-12-16-27(41-4)17-13-25;1-35(37)30-11-7-6-10-26(30)32-28-20-22-17-19-39-31(22)21-29(28)34-27(33(32)35)16-18-36(40-34,23-8-4-3-5-9-23)24-12-14-25(38-2)15-13-24/h4-9,11-12,14-21,27-29,33,36,54H,10,13,22-26,30-31H2,1-3H3;6-21,39H,22H2,1-5H3;3-16,18,20-21,37H,17,19H2,1-2H3. The Balaban J connectivity index is 0.000000118. The van der Waals surface area contributed by atoms with Gasteiger partial charge in [-0.05, 0) is 247 Å².